The number of aromatic nitrogens is 1. The number of allylic oxidation sites excluding steroid dienone is 3. The van der Waals surface area contributed by atoms with E-state index in [1.54, 1.807) is 6.20 Å². The molecule has 1 atom stereocenters. The molecule has 0 spiro atoms. The number of nitrogens with zero attached hydrogens (tertiary/aromatic N) is 3. The number of anilines is 1. The molecule has 0 saturated carbocycles. The van der Waals surface area contributed by atoms with Crippen molar-refractivity contribution in [3.05, 3.63) is 83.8 Å². The van der Waals surface area contributed by atoms with Gasteiger partial charge in [0.25, 0.3) is 5.91 Å². The van der Waals surface area contributed by atoms with E-state index in [0.717, 1.165) is 64.8 Å². The Bertz CT molecular complexity index is 1380. The van der Waals surface area contributed by atoms with Crippen LogP contribution in [0.2, 0.25) is 0 Å². The summed E-state index contributed by atoms with van der Waals surface area (Å²) in [6.45, 7) is 5.50. The van der Waals surface area contributed by atoms with E-state index >= 15 is 0 Å². The number of rotatable bonds is 4. The van der Waals surface area contributed by atoms with Gasteiger partial charge in [-0.25, -0.2) is 0 Å². The van der Waals surface area contributed by atoms with Crippen molar-refractivity contribution in [2.75, 3.05) is 18.4 Å². The number of carbonyl (C=O) groups is 1. The highest BCUT2D eigenvalue weighted by Crippen LogP contribution is 2.32. The molecule has 6 heteroatoms. The van der Waals surface area contributed by atoms with E-state index < -0.39 is 0 Å². The quantitative estimate of drug-likeness (QED) is 0.569. The van der Waals surface area contributed by atoms with Crippen LogP contribution in [-0.2, 0) is 4.79 Å². The van der Waals surface area contributed by atoms with Crippen LogP contribution < -0.4 is 10.6 Å². The van der Waals surface area contributed by atoms with E-state index in [-0.39, 0.29) is 18.0 Å². The molecule has 176 valence electrons. The molecule has 2 aliphatic heterocycles. The van der Waals surface area contributed by atoms with Crippen LogP contribution >= 0.6 is 0 Å². The van der Waals surface area contributed by atoms with Crippen molar-refractivity contribution >= 4 is 22.4 Å². The Morgan fingerprint density at radius 1 is 1.14 bits per heavy atom. The average molecular weight is 464 g/mol. The first-order valence-corrected chi connectivity index (χ1v) is 12.1. The summed E-state index contributed by atoms with van der Waals surface area (Å²) in [5, 5.41) is 18.6. The zero-order chi connectivity index (χ0) is 24.4. The van der Waals surface area contributed by atoms with Crippen LogP contribution in [0.5, 0.6) is 0 Å². The molecule has 1 amide bonds. The first kappa shape index (κ1) is 22.7. The van der Waals surface area contributed by atoms with E-state index in [9.17, 15) is 10.1 Å². The third-order valence-corrected chi connectivity index (χ3v) is 6.89. The number of nitrogens with one attached hydrogen (secondary N) is 2. The highest BCUT2D eigenvalue weighted by atomic mass is 16.2. The number of carbonyl (C=O) groups excluding carboxylic acids is 1. The maximum atomic E-state index is 13.1. The molecule has 3 heterocycles. The normalized spacial score (nSPS) is 18.3. The van der Waals surface area contributed by atoms with Crippen molar-refractivity contribution < 1.29 is 4.79 Å². The Kier molecular flexibility index (Phi) is 6.24. The molecule has 1 unspecified atom stereocenters. The number of hydrogen-bond acceptors (Lipinski definition) is 5. The van der Waals surface area contributed by atoms with Crippen molar-refractivity contribution in [1.82, 2.24) is 15.2 Å². The van der Waals surface area contributed by atoms with Gasteiger partial charge in [0.2, 0.25) is 0 Å². The summed E-state index contributed by atoms with van der Waals surface area (Å²) >= 11 is 0. The first-order valence-electron chi connectivity index (χ1n) is 12.1. The summed E-state index contributed by atoms with van der Waals surface area (Å²) in [5.74, 6) is 0.126. The van der Waals surface area contributed by atoms with Gasteiger partial charge in [-0.3, -0.25) is 9.78 Å². The minimum absolute atomic E-state index is 0.0319. The summed E-state index contributed by atoms with van der Waals surface area (Å²) in [4.78, 5) is 19.4. The molecule has 6 nitrogen and oxygen atoms in total. The second kappa shape index (κ2) is 9.63. The van der Waals surface area contributed by atoms with Crippen LogP contribution in [0.3, 0.4) is 0 Å². The molecule has 5 rings (SSSR count). The predicted octanol–water partition coefficient (Wildman–Crippen LogP) is 5.00. The molecular formula is C29H29N5O. The summed E-state index contributed by atoms with van der Waals surface area (Å²) in [5.41, 5.74) is 5.66. The predicted molar refractivity (Wildman–Crippen MR) is 140 cm³/mol. The first-order chi connectivity index (χ1) is 17.0. The molecule has 2 aliphatic rings. The van der Waals surface area contributed by atoms with Gasteiger partial charge in [-0.05, 0) is 85.7 Å². The molecule has 1 aromatic heterocycles. The average Bonchev–Trinajstić information content (AvgIpc) is 2.89. The molecule has 1 saturated heterocycles. The number of nitriles is 1. The Balaban J connectivity index is 1.34. The van der Waals surface area contributed by atoms with E-state index in [4.69, 9.17) is 0 Å². The fourth-order valence-corrected chi connectivity index (χ4v) is 4.97. The van der Waals surface area contributed by atoms with Crippen molar-refractivity contribution in [2.24, 2.45) is 0 Å². The van der Waals surface area contributed by atoms with E-state index in [2.05, 4.69) is 33.8 Å². The lowest BCUT2D eigenvalue weighted by atomic mass is 9.97. The SMILES string of the molecule is CC1=CC=C(C(=O)N2CCC(Nc3cc(-c4cccc(C#N)c4)cc4ccncc34)CC2)C(C)N1. The molecule has 2 aromatic carbocycles. The highest BCUT2D eigenvalue weighted by Gasteiger charge is 2.28. The smallest absolute Gasteiger partial charge is 0.251 e. The highest BCUT2D eigenvalue weighted by molar-refractivity contribution is 5.97. The van der Waals surface area contributed by atoms with E-state index in [1.807, 2.05) is 67.4 Å². The van der Waals surface area contributed by atoms with Crippen LogP contribution in [0.4, 0.5) is 5.69 Å². The van der Waals surface area contributed by atoms with Gasteiger partial charge in [0.05, 0.1) is 17.7 Å². The molecular weight excluding hydrogens is 434 g/mol. The monoisotopic (exact) mass is 463 g/mol. The summed E-state index contributed by atoms with van der Waals surface area (Å²) in [7, 11) is 0. The molecule has 3 aromatic rings. The van der Waals surface area contributed by atoms with Gasteiger partial charge in [-0.2, -0.15) is 5.26 Å². The number of benzene rings is 2. The van der Waals surface area contributed by atoms with E-state index in [0.29, 0.717) is 5.56 Å². The lowest BCUT2D eigenvalue weighted by Gasteiger charge is -2.35. The maximum absolute atomic E-state index is 13.1. The van der Waals surface area contributed by atoms with Gasteiger partial charge in [0.15, 0.2) is 0 Å². The van der Waals surface area contributed by atoms with Gasteiger partial charge in [-0.15, -0.1) is 0 Å². The van der Waals surface area contributed by atoms with Crippen molar-refractivity contribution in [2.45, 2.75) is 38.8 Å². The Morgan fingerprint density at radius 3 is 2.74 bits per heavy atom. The van der Waals surface area contributed by atoms with Gasteiger partial charge < -0.3 is 15.5 Å². The largest absolute Gasteiger partial charge is 0.382 e. The summed E-state index contributed by atoms with van der Waals surface area (Å²) < 4.78 is 0. The minimum Gasteiger partial charge on any atom is -0.382 e. The second-order valence-electron chi connectivity index (χ2n) is 9.36. The number of piperidine rings is 1. The fraction of sp³-hybridized carbons (Fsp3) is 0.276. The molecule has 2 N–H and O–H groups in total. The molecule has 35 heavy (non-hydrogen) atoms. The lowest BCUT2D eigenvalue weighted by molar-refractivity contribution is -0.128. The topological polar surface area (TPSA) is 81.1 Å². The van der Waals surface area contributed by atoms with Gasteiger partial charge in [0.1, 0.15) is 0 Å². The van der Waals surface area contributed by atoms with Crippen LogP contribution in [0.25, 0.3) is 21.9 Å². The number of likely N-dealkylation sites (tertiary alicyclic amines) is 1. The third-order valence-electron chi connectivity index (χ3n) is 6.89. The maximum Gasteiger partial charge on any atom is 0.251 e. The number of amides is 1. The number of pyridine rings is 1. The molecule has 1 fully saturated rings. The standard InChI is InChI=1S/C29H29N5O/c1-19-6-7-26(20(2)32-19)29(35)34-12-9-25(10-13-34)33-28-16-24(15-23-8-11-31-18-27(23)28)22-5-3-4-21(14-22)17-30/h3-8,11,14-16,18,20,25,32-33H,9-10,12-13H2,1-2H3. The van der Waals surface area contributed by atoms with Crippen LogP contribution in [0, 0.1) is 11.3 Å². The van der Waals surface area contributed by atoms with Gasteiger partial charge in [0, 0.05) is 53.9 Å². The second-order valence-corrected chi connectivity index (χ2v) is 9.36. The summed E-state index contributed by atoms with van der Waals surface area (Å²) in [6, 6.07) is 16.5. The van der Waals surface area contributed by atoms with Gasteiger partial charge in [-0.1, -0.05) is 12.1 Å². The molecule has 0 aliphatic carbocycles. The lowest BCUT2D eigenvalue weighted by Crippen LogP contribution is -2.45. The summed E-state index contributed by atoms with van der Waals surface area (Å²) in [6.07, 6.45) is 9.38. The minimum atomic E-state index is 0.0319. The van der Waals surface area contributed by atoms with Crippen molar-refractivity contribution in [1.29, 1.82) is 5.26 Å². The van der Waals surface area contributed by atoms with Crippen LogP contribution in [0.15, 0.2) is 78.3 Å². The van der Waals surface area contributed by atoms with E-state index in [1.165, 1.54) is 0 Å². The van der Waals surface area contributed by atoms with Gasteiger partial charge >= 0.3 is 0 Å². The third kappa shape index (κ3) is 4.76. The molecule has 0 bridgehead atoms. The number of dihydropyridines is 1. The Hall–Kier alpha value is -4.11. The van der Waals surface area contributed by atoms with Crippen LogP contribution in [-0.4, -0.2) is 41.0 Å². The zero-order valence-electron chi connectivity index (χ0n) is 20.1. The fourth-order valence-electron chi connectivity index (χ4n) is 4.97. The van der Waals surface area contributed by atoms with Crippen LogP contribution in [0.1, 0.15) is 32.3 Å². The number of fused-ring (bicyclic) bond motifs is 1. The Morgan fingerprint density at radius 2 is 1.97 bits per heavy atom. The number of hydrogen-bond donors (Lipinski definition) is 2. The molecule has 0 radical (unpaired) electrons. The Labute approximate surface area is 206 Å². The van der Waals surface area contributed by atoms with Crippen molar-refractivity contribution in [3.63, 3.8) is 0 Å². The zero-order valence-corrected chi connectivity index (χ0v) is 20.1. The van der Waals surface area contributed by atoms with Crippen molar-refractivity contribution in [3.8, 4) is 17.2 Å².